The molecule has 2 aromatic carbocycles. The summed E-state index contributed by atoms with van der Waals surface area (Å²) in [5.41, 5.74) is 3.99. The average Bonchev–Trinajstić information content (AvgIpc) is 2.96. The predicted octanol–water partition coefficient (Wildman–Crippen LogP) is 4.10. The molecule has 0 aliphatic rings. The van der Waals surface area contributed by atoms with Crippen molar-refractivity contribution in [3.63, 3.8) is 0 Å². The number of fused-ring (bicyclic) bond motifs is 1. The Balaban J connectivity index is 2.07. The summed E-state index contributed by atoms with van der Waals surface area (Å²) in [5.74, 6) is 0. The van der Waals surface area contributed by atoms with Gasteiger partial charge in [0, 0.05) is 22.7 Å². The lowest BCUT2D eigenvalue weighted by atomic mass is 10.0. The van der Waals surface area contributed by atoms with Gasteiger partial charge in [-0.25, -0.2) is 0 Å². The van der Waals surface area contributed by atoms with Crippen LogP contribution in [0.15, 0.2) is 54.7 Å². The standard InChI is InChI=1S/C18H11N3/c19-10-13-5-7-14(8-6-13)15(11-20)9-16-12-21-18-4-2-1-3-17(16)18/h1-9,12,21H/b15-9+. The van der Waals surface area contributed by atoms with Gasteiger partial charge in [-0.1, -0.05) is 30.3 Å². The molecule has 0 aliphatic carbocycles. The van der Waals surface area contributed by atoms with Crippen molar-refractivity contribution in [3.8, 4) is 12.1 Å². The second kappa shape index (κ2) is 5.36. The molecule has 0 saturated heterocycles. The van der Waals surface area contributed by atoms with Crippen LogP contribution < -0.4 is 0 Å². The van der Waals surface area contributed by atoms with Gasteiger partial charge in [-0.15, -0.1) is 0 Å². The predicted molar refractivity (Wildman–Crippen MR) is 82.9 cm³/mol. The van der Waals surface area contributed by atoms with Gasteiger partial charge in [0.15, 0.2) is 0 Å². The number of hydrogen-bond acceptors (Lipinski definition) is 2. The summed E-state index contributed by atoms with van der Waals surface area (Å²) in [7, 11) is 0. The molecule has 21 heavy (non-hydrogen) atoms. The Morgan fingerprint density at radius 2 is 1.76 bits per heavy atom. The van der Waals surface area contributed by atoms with Crippen molar-refractivity contribution in [2.24, 2.45) is 0 Å². The van der Waals surface area contributed by atoms with E-state index < -0.39 is 0 Å². The molecule has 0 atom stereocenters. The van der Waals surface area contributed by atoms with Gasteiger partial charge in [0.1, 0.15) is 0 Å². The summed E-state index contributed by atoms with van der Waals surface area (Å²) >= 11 is 0. The lowest BCUT2D eigenvalue weighted by Gasteiger charge is -1.99. The Kier molecular flexibility index (Phi) is 3.25. The van der Waals surface area contributed by atoms with Crippen molar-refractivity contribution in [3.05, 3.63) is 71.4 Å². The first kappa shape index (κ1) is 12.7. The van der Waals surface area contributed by atoms with Crippen LogP contribution in [0.2, 0.25) is 0 Å². The van der Waals surface area contributed by atoms with Gasteiger partial charge in [0.25, 0.3) is 0 Å². The summed E-state index contributed by atoms with van der Waals surface area (Å²) < 4.78 is 0. The number of aromatic amines is 1. The topological polar surface area (TPSA) is 63.4 Å². The highest BCUT2D eigenvalue weighted by Gasteiger charge is 2.05. The van der Waals surface area contributed by atoms with Crippen molar-refractivity contribution in [1.82, 2.24) is 4.98 Å². The zero-order valence-electron chi connectivity index (χ0n) is 11.2. The van der Waals surface area contributed by atoms with E-state index in [1.54, 1.807) is 24.3 Å². The fraction of sp³-hybridized carbons (Fsp3) is 0. The van der Waals surface area contributed by atoms with Crippen molar-refractivity contribution in [1.29, 1.82) is 10.5 Å². The number of benzene rings is 2. The highest BCUT2D eigenvalue weighted by molar-refractivity contribution is 5.97. The molecule has 1 N–H and O–H groups in total. The first-order valence-electron chi connectivity index (χ1n) is 6.50. The first-order valence-corrected chi connectivity index (χ1v) is 6.50. The Labute approximate surface area is 122 Å². The van der Waals surface area contributed by atoms with Crippen LogP contribution in [-0.4, -0.2) is 4.98 Å². The quantitative estimate of drug-likeness (QED) is 0.712. The van der Waals surface area contributed by atoms with Gasteiger partial charge in [-0.3, -0.25) is 0 Å². The monoisotopic (exact) mass is 269 g/mol. The number of nitrogens with one attached hydrogen (secondary N) is 1. The van der Waals surface area contributed by atoms with Crippen LogP contribution in [0, 0.1) is 22.7 Å². The van der Waals surface area contributed by atoms with Crippen LogP contribution >= 0.6 is 0 Å². The molecule has 0 aliphatic heterocycles. The molecular weight excluding hydrogens is 258 g/mol. The number of nitrogens with zero attached hydrogens (tertiary/aromatic N) is 2. The third-order valence-electron chi connectivity index (χ3n) is 3.37. The molecule has 0 fully saturated rings. The van der Waals surface area contributed by atoms with E-state index >= 15 is 0 Å². The Morgan fingerprint density at radius 1 is 1.00 bits per heavy atom. The zero-order chi connectivity index (χ0) is 14.7. The summed E-state index contributed by atoms with van der Waals surface area (Å²) in [5, 5.41) is 19.3. The van der Waals surface area contributed by atoms with E-state index in [1.165, 1.54) is 0 Å². The fourth-order valence-corrected chi connectivity index (χ4v) is 2.27. The van der Waals surface area contributed by atoms with Crippen LogP contribution in [0.3, 0.4) is 0 Å². The number of para-hydroxylation sites is 1. The lowest BCUT2D eigenvalue weighted by Crippen LogP contribution is -1.82. The summed E-state index contributed by atoms with van der Waals surface area (Å²) in [4.78, 5) is 3.19. The smallest absolute Gasteiger partial charge is 0.0998 e. The van der Waals surface area contributed by atoms with Crippen LogP contribution in [0.1, 0.15) is 16.7 Å². The van der Waals surface area contributed by atoms with Gasteiger partial charge in [0.05, 0.1) is 23.3 Å². The highest BCUT2D eigenvalue weighted by Crippen LogP contribution is 2.23. The minimum Gasteiger partial charge on any atom is -0.361 e. The van der Waals surface area contributed by atoms with Gasteiger partial charge in [-0.05, 0) is 29.8 Å². The number of nitriles is 2. The van der Waals surface area contributed by atoms with Gasteiger partial charge in [-0.2, -0.15) is 10.5 Å². The van der Waals surface area contributed by atoms with Crippen molar-refractivity contribution < 1.29 is 0 Å². The SMILES string of the molecule is N#C/C(=C\c1c[nH]c2ccccc12)c1ccc(C#N)cc1. The maximum absolute atomic E-state index is 9.38. The zero-order valence-corrected chi connectivity index (χ0v) is 11.2. The van der Waals surface area contributed by atoms with Crippen molar-refractivity contribution in [2.75, 3.05) is 0 Å². The molecule has 1 aromatic heterocycles. The molecule has 0 saturated carbocycles. The average molecular weight is 269 g/mol. The van der Waals surface area contributed by atoms with E-state index in [0.29, 0.717) is 11.1 Å². The van der Waals surface area contributed by atoms with Crippen LogP contribution in [-0.2, 0) is 0 Å². The molecule has 0 radical (unpaired) electrons. The van der Waals surface area contributed by atoms with E-state index in [0.717, 1.165) is 22.0 Å². The fourth-order valence-electron chi connectivity index (χ4n) is 2.27. The van der Waals surface area contributed by atoms with Crippen molar-refractivity contribution in [2.45, 2.75) is 0 Å². The second-order valence-corrected chi connectivity index (χ2v) is 4.65. The number of H-pyrrole nitrogens is 1. The molecule has 3 nitrogen and oxygen atoms in total. The normalized spacial score (nSPS) is 11.0. The third-order valence-corrected chi connectivity index (χ3v) is 3.37. The number of rotatable bonds is 2. The lowest BCUT2D eigenvalue weighted by molar-refractivity contribution is 1.47. The van der Waals surface area contributed by atoms with Gasteiger partial charge >= 0.3 is 0 Å². The third kappa shape index (κ3) is 2.41. The maximum Gasteiger partial charge on any atom is 0.0998 e. The molecule has 3 heteroatoms. The minimum atomic E-state index is 0.573. The number of hydrogen-bond donors (Lipinski definition) is 1. The summed E-state index contributed by atoms with van der Waals surface area (Å²) in [6.07, 6.45) is 3.76. The highest BCUT2D eigenvalue weighted by atomic mass is 14.7. The second-order valence-electron chi connectivity index (χ2n) is 4.65. The molecular formula is C18H11N3. The molecule has 3 aromatic rings. The molecule has 0 unspecified atom stereocenters. The van der Waals surface area contributed by atoms with E-state index in [1.807, 2.05) is 36.5 Å². The summed E-state index contributed by atoms with van der Waals surface area (Å²) in [6, 6.07) is 19.3. The minimum absolute atomic E-state index is 0.573. The number of allylic oxidation sites excluding steroid dienone is 1. The van der Waals surface area contributed by atoms with E-state index in [9.17, 15) is 5.26 Å². The Morgan fingerprint density at radius 3 is 2.48 bits per heavy atom. The number of aromatic nitrogens is 1. The largest absolute Gasteiger partial charge is 0.361 e. The van der Waals surface area contributed by atoms with E-state index in [-0.39, 0.29) is 0 Å². The van der Waals surface area contributed by atoms with Crippen LogP contribution in [0.25, 0.3) is 22.6 Å². The van der Waals surface area contributed by atoms with Crippen LogP contribution in [0.4, 0.5) is 0 Å². The molecule has 0 spiro atoms. The first-order chi connectivity index (χ1) is 10.3. The molecule has 98 valence electrons. The molecule has 0 bridgehead atoms. The Bertz CT molecular complexity index is 900. The van der Waals surface area contributed by atoms with E-state index in [4.69, 9.17) is 5.26 Å². The molecule has 1 heterocycles. The van der Waals surface area contributed by atoms with Gasteiger partial charge in [0.2, 0.25) is 0 Å². The Hall–Kier alpha value is -3.30. The molecule has 3 rings (SSSR count). The van der Waals surface area contributed by atoms with Crippen LogP contribution in [0.5, 0.6) is 0 Å². The van der Waals surface area contributed by atoms with Gasteiger partial charge < -0.3 is 4.98 Å². The summed E-state index contributed by atoms with van der Waals surface area (Å²) in [6.45, 7) is 0. The van der Waals surface area contributed by atoms with E-state index in [2.05, 4.69) is 17.1 Å². The maximum atomic E-state index is 9.38. The van der Waals surface area contributed by atoms with Crippen molar-refractivity contribution >= 4 is 22.6 Å². The molecule has 0 amide bonds.